The lowest BCUT2D eigenvalue weighted by Crippen LogP contribution is -2.48. The van der Waals surface area contributed by atoms with Crippen LogP contribution in [0.4, 0.5) is 0 Å². The Morgan fingerprint density at radius 3 is 2.47 bits per heavy atom. The Hall–Kier alpha value is -2.22. The van der Waals surface area contributed by atoms with Crippen molar-refractivity contribution >= 4 is 41.7 Å². The van der Waals surface area contributed by atoms with Gasteiger partial charge < -0.3 is 25.5 Å². The van der Waals surface area contributed by atoms with E-state index in [1.54, 1.807) is 11.8 Å². The first kappa shape index (κ1) is 28.0. The fraction of sp³-hybridized carbons (Fsp3) is 0.269. The van der Waals surface area contributed by atoms with Crippen LogP contribution in [-0.4, -0.2) is 23.2 Å². The molecular weight excluding hydrogens is 493 g/mol. The van der Waals surface area contributed by atoms with Gasteiger partial charge in [-0.1, -0.05) is 65.8 Å². The third-order valence-corrected chi connectivity index (χ3v) is 6.58. The average Bonchev–Trinajstić information content (AvgIpc) is 2.80. The Labute approximate surface area is 215 Å². The van der Waals surface area contributed by atoms with E-state index in [1.165, 1.54) is 0 Å². The van der Waals surface area contributed by atoms with Gasteiger partial charge >= 0.3 is 0 Å². The highest BCUT2D eigenvalue weighted by Gasteiger charge is 2.24. The Morgan fingerprint density at radius 2 is 1.79 bits per heavy atom. The number of rotatable bonds is 12. The summed E-state index contributed by atoms with van der Waals surface area (Å²) >= 11 is 8.09. The number of hydrogen-bond donors (Lipinski definition) is 2. The molecule has 0 spiro atoms. The summed E-state index contributed by atoms with van der Waals surface area (Å²) in [6.45, 7) is 0.108. The summed E-state index contributed by atoms with van der Waals surface area (Å²) in [5, 5.41) is 20.9. The van der Waals surface area contributed by atoms with Crippen LogP contribution in [0.15, 0.2) is 82.6 Å². The number of carbonyl (C=O) groups is 1. The largest absolute Gasteiger partial charge is 0.550 e. The molecule has 8 heteroatoms. The van der Waals surface area contributed by atoms with E-state index in [1.807, 2.05) is 72.8 Å². The lowest BCUT2D eigenvalue weighted by molar-refractivity contribution is -0.307. The second-order valence-electron chi connectivity index (χ2n) is 8.03. The SMILES string of the molecule is Cl.NC(CO)(CCCc1ccc(Sc2cccc(OCc3ccccc3)c2)cc1Cl)CC(=O)[O-]. The fourth-order valence-corrected chi connectivity index (χ4v) is 4.69. The smallest absolute Gasteiger partial charge is 0.120 e. The van der Waals surface area contributed by atoms with Crippen molar-refractivity contribution in [2.24, 2.45) is 5.73 Å². The van der Waals surface area contributed by atoms with Crippen molar-refractivity contribution in [3.05, 3.63) is 88.9 Å². The van der Waals surface area contributed by atoms with Crippen LogP contribution in [0.25, 0.3) is 0 Å². The van der Waals surface area contributed by atoms with Crippen molar-refractivity contribution in [3.8, 4) is 5.75 Å². The predicted molar refractivity (Wildman–Crippen MR) is 137 cm³/mol. The van der Waals surface area contributed by atoms with Crippen molar-refractivity contribution in [3.63, 3.8) is 0 Å². The molecule has 0 aromatic heterocycles. The average molecular weight is 521 g/mol. The van der Waals surface area contributed by atoms with E-state index in [4.69, 9.17) is 22.1 Å². The highest BCUT2D eigenvalue weighted by atomic mass is 35.5. The zero-order valence-electron chi connectivity index (χ0n) is 18.6. The second kappa shape index (κ2) is 13.6. The number of carboxylic acid groups (broad SMARTS) is 1. The van der Waals surface area contributed by atoms with E-state index < -0.39 is 18.1 Å². The summed E-state index contributed by atoms with van der Waals surface area (Å²) in [5.74, 6) is -0.460. The molecule has 5 nitrogen and oxygen atoms in total. The molecule has 0 heterocycles. The molecule has 3 aromatic rings. The Bertz CT molecular complexity index is 1070. The quantitative estimate of drug-likeness (QED) is 0.361. The third-order valence-electron chi connectivity index (χ3n) is 5.25. The topological polar surface area (TPSA) is 95.6 Å². The number of ether oxygens (including phenoxy) is 1. The maximum absolute atomic E-state index is 10.8. The van der Waals surface area contributed by atoms with Crippen LogP contribution in [0.5, 0.6) is 5.75 Å². The van der Waals surface area contributed by atoms with Crippen LogP contribution in [0, 0.1) is 0 Å². The minimum absolute atomic E-state index is 0. The Morgan fingerprint density at radius 1 is 1.06 bits per heavy atom. The third kappa shape index (κ3) is 8.85. The molecule has 0 bridgehead atoms. The van der Waals surface area contributed by atoms with Gasteiger partial charge in [-0.25, -0.2) is 0 Å². The van der Waals surface area contributed by atoms with Gasteiger partial charge in [-0.3, -0.25) is 0 Å². The zero-order valence-corrected chi connectivity index (χ0v) is 21.0. The van der Waals surface area contributed by atoms with Gasteiger partial charge in [0.2, 0.25) is 0 Å². The highest BCUT2D eigenvalue weighted by molar-refractivity contribution is 7.99. The summed E-state index contributed by atoms with van der Waals surface area (Å²) in [7, 11) is 0. The first-order valence-corrected chi connectivity index (χ1v) is 11.9. The van der Waals surface area contributed by atoms with Crippen molar-refractivity contribution in [2.45, 2.75) is 47.6 Å². The van der Waals surface area contributed by atoms with E-state index in [0.717, 1.165) is 26.7 Å². The molecule has 0 saturated heterocycles. The molecule has 0 aliphatic rings. The molecule has 0 saturated carbocycles. The number of hydrogen-bond acceptors (Lipinski definition) is 6. The first-order chi connectivity index (χ1) is 15.9. The lowest BCUT2D eigenvalue weighted by Gasteiger charge is -2.27. The number of aliphatic hydroxyl groups excluding tert-OH is 1. The van der Waals surface area contributed by atoms with Gasteiger partial charge in [0.15, 0.2) is 0 Å². The van der Waals surface area contributed by atoms with Gasteiger partial charge in [0.05, 0.1) is 6.61 Å². The fourth-order valence-electron chi connectivity index (χ4n) is 3.44. The number of carbonyl (C=O) groups excluding carboxylic acids is 1. The minimum Gasteiger partial charge on any atom is -0.550 e. The lowest BCUT2D eigenvalue weighted by atomic mass is 9.90. The molecule has 0 fully saturated rings. The predicted octanol–water partition coefficient (Wildman–Crippen LogP) is 4.64. The molecule has 0 aliphatic carbocycles. The number of halogens is 2. The molecule has 1 unspecified atom stereocenters. The van der Waals surface area contributed by atoms with Gasteiger partial charge in [-0.15, -0.1) is 12.4 Å². The van der Waals surface area contributed by atoms with Crippen LogP contribution in [0.3, 0.4) is 0 Å². The van der Waals surface area contributed by atoms with Gasteiger partial charge in [-0.05, 0) is 60.7 Å². The molecule has 0 aliphatic heterocycles. The standard InChI is InChI=1S/C26H28ClNO4S.ClH/c27-24-15-23(12-11-20(24)8-5-13-26(28,18-29)16-25(30)31)33-22-10-4-9-21(14-22)32-17-19-6-2-1-3-7-19;/h1-4,6-7,9-12,14-15,29H,5,8,13,16-18,28H2,(H,30,31);1H/p-1. The molecule has 3 rings (SSSR count). The van der Waals surface area contributed by atoms with Gasteiger partial charge in [0.25, 0.3) is 0 Å². The van der Waals surface area contributed by atoms with Gasteiger partial charge in [0.1, 0.15) is 12.4 Å². The highest BCUT2D eigenvalue weighted by Crippen LogP contribution is 2.33. The van der Waals surface area contributed by atoms with Crippen molar-refractivity contribution in [1.29, 1.82) is 0 Å². The summed E-state index contributed by atoms with van der Waals surface area (Å²) in [4.78, 5) is 12.9. The van der Waals surface area contributed by atoms with E-state index in [9.17, 15) is 15.0 Å². The minimum atomic E-state index is -1.26. The van der Waals surface area contributed by atoms with E-state index in [-0.39, 0.29) is 18.8 Å². The van der Waals surface area contributed by atoms with Crippen LogP contribution >= 0.6 is 35.8 Å². The van der Waals surface area contributed by atoms with Crippen LogP contribution in [0.1, 0.15) is 30.4 Å². The summed E-state index contributed by atoms with van der Waals surface area (Å²) < 4.78 is 5.91. The number of benzene rings is 3. The van der Waals surface area contributed by atoms with Crippen molar-refractivity contribution < 1.29 is 19.7 Å². The number of nitrogens with two attached hydrogens (primary N) is 1. The van der Waals surface area contributed by atoms with Crippen molar-refractivity contribution in [1.82, 2.24) is 0 Å². The summed E-state index contributed by atoms with van der Waals surface area (Å²) in [6.07, 6.45) is 1.23. The second-order valence-corrected chi connectivity index (χ2v) is 9.58. The molecule has 0 amide bonds. The summed E-state index contributed by atoms with van der Waals surface area (Å²) in [6, 6.07) is 23.8. The Balaban J connectivity index is 0.00000408. The maximum atomic E-state index is 10.8. The molecular formula is C26H28Cl2NO4S-. The molecule has 0 radical (unpaired) electrons. The Kier molecular flexibility index (Phi) is 11.2. The number of aliphatic carboxylic acids is 1. The van der Waals surface area contributed by atoms with Crippen LogP contribution in [-0.2, 0) is 17.8 Å². The van der Waals surface area contributed by atoms with Gasteiger partial charge in [-0.2, -0.15) is 0 Å². The first-order valence-electron chi connectivity index (χ1n) is 10.7. The van der Waals surface area contributed by atoms with Gasteiger partial charge in [0, 0.05) is 32.7 Å². The molecule has 1 atom stereocenters. The summed E-state index contributed by atoms with van der Waals surface area (Å²) in [5.41, 5.74) is 6.86. The number of aryl methyl sites for hydroxylation is 1. The molecule has 34 heavy (non-hydrogen) atoms. The van der Waals surface area contributed by atoms with E-state index in [2.05, 4.69) is 0 Å². The maximum Gasteiger partial charge on any atom is 0.120 e. The van der Waals surface area contributed by atoms with Crippen LogP contribution < -0.4 is 15.6 Å². The number of carboxylic acids is 1. The van der Waals surface area contributed by atoms with Crippen LogP contribution in [0.2, 0.25) is 5.02 Å². The van der Waals surface area contributed by atoms with E-state index in [0.29, 0.717) is 30.9 Å². The molecule has 3 aromatic carbocycles. The monoisotopic (exact) mass is 520 g/mol. The van der Waals surface area contributed by atoms with E-state index >= 15 is 0 Å². The van der Waals surface area contributed by atoms with Crippen molar-refractivity contribution in [2.75, 3.05) is 6.61 Å². The molecule has 182 valence electrons. The molecule has 3 N–H and O–H groups in total. The zero-order chi connectivity index (χ0) is 23.7. The number of aliphatic hydroxyl groups is 1. The normalized spacial score (nSPS) is 12.4.